The SMILES string of the molecule is CC(C)C(C(=O)O)N(N1CCN(c2ccc(C#Cc3ccc4c(c3)c(=O)n(Cc3ccc(F)cc3)c(=O)n4C)cc2)CC1)S(=O)[O-]. The zero-order valence-electron chi connectivity index (χ0n) is 25.6. The highest BCUT2D eigenvalue weighted by Gasteiger charge is 2.35. The van der Waals surface area contributed by atoms with E-state index in [0.29, 0.717) is 48.2 Å². The summed E-state index contributed by atoms with van der Waals surface area (Å²) in [7, 11) is 1.59. The first-order valence-electron chi connectivity index (χ1n) is 14.7. The molecule has 0 radical (unpaired) electrons. The van der Waals surface area contributed by atoms with Gasteiger partial charge in [0, 0.05) is 61.3 Å². The van der Waals surface area contributed by atoms with Crippen molar-refractivity contribution in [2.24, 2.45) is 13.0 Å². The van der Waals surface area contributed by atoms with Gasteiger partial charge in [-0.25, -0.2) is 14.2 Å². The molecule has 1 aliphatic heterocycles. The Kier molecular flexibility index (Phi) is 9.83. The fourth-order valence-electron chi connectivity index (χ4n) is 5.55. The van der Waals surface area contributed by atoms with E-state index in [9.17, 15) is 32.6 Å². The molecule has 46 heavy (non-hydrogen) atoms. The van der Waals surface area contributed by atoms with Crippen molar-refractivity contribution in [3.8, 4) is 11.8 Å². The standard InChI is InChI=1S/C33H34FN5O6S/c1-22(2)30(32(41)42)39(46(44)45)37-18-16-36(17-19-37)27-13-8-23(9-14-27)4-5-24-10-15-29-28(20-24)31(40)38(33(43)35(29)3)21-25-6-11-26(34)12-7-25/h6-15,20,22,30H,16-19,21H2,1-3H3,(H,41,42)(H,44,45)/p-1. The summed E-state index contributed by atoms with van der Waals surface area (Å²) in [6.45, 7) is 5.04. The number of aromatic nitrogens is 2. The third-order valence-corrected chi connectivity index (χ3v) is 8.76. The predicted octanol–water partition coefficient (Wildman–Crippen LogP) is 2.53. The molecule has 2 unspecified atom stereocenters. The molecular weight excluding hydrogens is 613 g/mol. The van der Waals surface area contributed by atoms with E-state index >= 15 is 0 Å². The number of aliphatic carboxylic acids is 1. The predicted molar refractivity (Wildman–Crippen MR) is 172 cm³/mol. The van der Waals surface area contributed by atoms with Gasteiger partial charge in [0.1, 0.15) is 11.9 Å². The highest BCUT2D eigenvalue weighted by molar-refractivity contribution is 7.76. The molecule has 0 amide bonds. The van der Waals surface area contributed by atoms with Crippen LogP contribution in [-0.4, -0.2) is 70.6 Å². The van der Waals surface area contributed by atoms with Crippen molar-refractivity contribution in [1.29, 1.82) is 0 Å². The number of hydrazine groups is 1. The average molecular weight is 647 g/mol. The maximum absolute atomic E-state index is 13.3. The minimum atomic E-state index is -2.72. The van der Waals surface area contributed by atoms with Gasteiger partial charge >= 0.3 is 11.7 Å². The van der Waals surface area contributed by atoms with E-state index in [-0.39, 0.29) is 6.54 Å². The minimum absolute atomic E-state index is 0.0102. The molecule has 0 saturated carbocycles. The lowest BCUT2D eigenvalue weighted by atomic mass is 10.1. The first kappa shape index (κ1) is 32.8. The smallest absolute Gasteiger partial charge is 0.331 e. The monoisotopic (exact) mass is 646 g/mol. The largest absolute Gasteiger partial charge is 0.759 e. The van der Waals surface area contributed by atoms with E-state index < -0.39 is 46.3 Å². The van der Waals surface area contributed by atoms with E-state index in [1.807, 2.05) is 24.3 Å². The van der Waals surface area contributed by atoms with Crippen LogP contribution in [0.5, 0.6) is 0 Å². The molecule has 13 heteroatoms. The van der Waals surface area contributed by atoms with Crippen LogP contribution in [0, 0.1) is 23.6 Å². The molecule has 240 valence electrons. The second kappa shape index (κ2) is 13.8. The zero-order valence-corrected chi connectivity index (χ0v) is 26.4. The Morgan fingerprint density at radius 1 is 0.978 bits per heavy atom. The Morgan fingerprint density at radius 2 is 1.59 bits per heavy atom. The molecule has 1 aliphatic rings. The second-order valence-electron chi connectivity index (χ2n) is 11.4. The molecule has 2 atom stereocenters. The Labute approximate surface area is 267 Å². The number of rotatable bonds is 8. The fraction of sp³-hybridized carbons (Fsp3) is 0.303. The van der Waals surface area contributed by atoms with Crippen LogP contribution in [0.4, 0.5) is 10.1 Å². The molecule has 1 saturated heterocycles. The van der Waals surface area contributed by atoms with E-state index in [4.69, 9.17) is 0 Å². The average Bonchev–Trinajstić information content (AvgIpc) is 3.04. The van der Waals surface area contributed by atoms with E-state index in [1.54, 1.807) is 44.1 Å². The number of piperazine rings is 1. The summed E-state index contributed by atoms with van der Waals surface area (Å²) in [5.41, 5.74) is 2.44. The summed E-state index contributed by atoms with van der Waals surface area (Å²) in [6, 6.07) is 17.1. The number of carboxylic acids is 1. The summed E-state index contributed by atoms with van der Waals surface area (Å²) in [4.78, 5) is 40.1. The van der Waals surface area contributed by atoms with Gasteiger partial charge in [0.05, 0.1) is 17.4 Å². The molecule has 0 aliphatic carbocycles. The van der Waals surface area contributed by atoms with Gasteiger partial charge in [-0.15, -0.1) is 0 Å². The van der Waals surface area contributed by atoms with E-state index in [0.717, 1.165) is 20.2 Å². The minimum Gasteiger partial charge on any atom is -0.759 e. The van der Waals surface area contributed by atoms with Crippen LogP contribution in [0.2, 0.25) is 0 Å². The Morgan fingerprint density at radius 3 is 2.17 bits per heavy atom. The molecule has 0 bridgehead atoms. The first-order valence-corrected chi connectivity index (χ1v) is 15.7. The van der Waals surface area contributed by atoms with Crippen molar-refractivity contribution in [2.45, 2.75) is 26.4 Å². The molecule has 11 nitrogen and oxygen atoms in total. The quantitative estimate of drug-likeness (QED) is 0.228. The number of carbonyl (C=O) groups is 1. The number of nitrogens with zero attached hydrogens (tertiary/aromatic N) is 5. The van der Waals surface area contributed by atoms with Crippen LogP contribution in [0.3, 0.4) is 0 Å². The van der Waals surface area contributed by atoms with Crippen LogP contribution in [0.15, 0.2) is 76.3 Å². The Bertz CT molecular complexity index is 1960. The molecule has 5 rings (SSSR count). The molecule has 1 N–H and O–H groups in total. The highest BCUT2D eigenvalue weighted by atomic mass is 32.2. The van der Waals surface area contributed by atoms with Crippen molar-refractivity contribution in [1.82, 2.24) is 18.6 Å². The number of aryl methyl sites for hydroxylation is 1. The number of benzene rings is 3. The van der Waals surface area contributed by atoms with Gasteiger partial charge in [-0.3, -0.25) is 22.9 Å². The van der Waals surface area contributed by atoms with Crippen molar-refractivity contribution >= 4 is 33.8 Å². The van der Waals surface area contributed by atoms with E-state index in [1.165, 1.54) is 28.8 Å². The van der Waals surface area contributed by atoms with Gasteiger partial charge in [-0.1, -0.05) is 37.8 Å². The summed E-state index contributed by atoms with van der Waals surface area (Å²) >= 11 is -2.72. The normalized spacial score (nSPS) is 15.2. The van der Waals surface area contributed by atoms with Gasteiger partial charge in [-0.2, -0.15) is 4.41 Å². The lowest BCUT2D eigenvalue weighted by Crippen LogP contribution is -2.60. The number of anilines is 1. The lowest BCUT2D eigenvalue weighted by Gasteiger charge is -2.45. The zero-order chi connectivity index (χ0) is 33.1. The van der Waals surface area contributed by atoms with Gasteiger partial charge in [-0.05, 0) is 66.1 Å². The van der Waals surface area contributed by atoms with Crippen LogP contribution < -0.4 is 16.1 Å². The van der Waals surface area contributed by atoms with Crippen molar-refractivity contribution in [3.05, 3.63) is 110 Å². The number of hydrogen-bond acceptors (Lipinski definition) is 7. The third-order valence-electron chi connectivity index (χ3n) is 8.00. The van der Waals surface area contributed by atoms with Crippen molar-refractivity contribution in [2.75, 3.05) is 31.1 Å². The van der Waals surface area contributed by atoms with Crippen LogP contribution in [0.25, 0.3) is 10.9 Å². The van der Waals surface area contributed by atoms with Gasteiger partial charge < -0.3 is 14.6 Å². The van der Waals surface area contributed by atoms with Crippen LogP contribution in [-0.2, 0) is 29.7 Å². The highest BCUT2D eigenvalue weighted by Crippen LogP contribution is 2.22. The third kappa shape index (κ3) is 6.95. The van der Waals surface area contributed by atoms with E-state index in [2.05, 4.69) is 16.7 Å². The second-order valence-corrected chi connectivity index (χ2v) is 12.2. The van der Waals surface area contributed by atoms with Gasteiger partial charge in [0.25, 0.3) is 5.56 Å². The number of halogens is 1. The molecule has 2 heterocycles. The molecule has 3 aromatic carbocycles. The number of fused-ring (bicyclic) bond motifs is 1. The maximum Gasteiger partial charge on any atom is 0.331 e. The molecular formula is C33H33FN5O6S-. The molecule has 1 fully saturated rings. The molecule has 4 aromatic rings. The van der Waals surface area contributed by atoms with Crippen LogP contribution >= 0.6 is 0 Å². The molecule has 1 aromatic heterocycles. The summed E-state index contributed by atoms with van der Waals surface area (Å²) in [6.07, 6.45) is 0. The summed E-state index contributed by atoms with van der Waals surface area (Å²) in [5.74, 6) is 4.20. The molecule has 0 spiro atoms. The fourth-order valence-corrected chi connectivity index (χ4v) is 6.43. The lowest BCUT2D eigenvalue weighted by molar-refractivity contribution is -0.149. The summed E-state index contributed by atoms with van der Waals surface area (Å²) in [5, 5.41) is 11.5. The van der Waals surface area contributed by atoms with Gasteiger partial charge in [0.15, 0.2) is 0 Å². The number of carboxylic acid groups (broad SMARTS) is 1. The topological polar surface area (TPSA) is 131 Å². The number of hydrogen-bond donors (Lipinski definition) is 1. The Balaban J connectivity index is 1.30. The van der Waals surface area contributed by atoms with Gasteiger partial charge in [0.2, 0.25) is 0 Å². The Hall–Kier alpha value is -4.61. The maximum atomic E-state index is 13.3. The summed E-state index contributed by atoms with van der Waals surface area (Å²) < 4.78 is 40.7. The van der Waals surface area contributed by atoms with Crippen LogP contribution in [0.1, 0.15) is 30.5 Å². The van der Waals surface area contributed by atoms with Crippen molar-refractivity contribution < 1.29 is 23.1 Å². The first-order chi connectivity index (χ1) is 21.9. The van der Waals surface area contributed by atoms with Crippen molar-refractivity contribution in [3.63, 3.8) is 0 Å².